The fourth-order valence-corrected chi connectivity index (χ4v) is 4.63. The number of fused-ring (bicyclic) bond motifs is 1. The molecule has 11 heteroatoms. The van der Waals surface area contributed by atoms with Gasteiger partial charge in [0.05, 0.1) is 18.8 Å². The molecule has 158 valence electrons. The Morgan fingerprint density at radius 1 is 1.27 bits per heavy atom. The summed E-state index contributed by atoms with van der Waals surface area (Å²) >= 11 is 7.28. The first-order chi connectivity index (χ1) is 14.5. The molecule has 4 heterocycles. The van der Waals surface area contributed by atoms with Gasteiger partial charge in [0.25, 0.3) is 0 Å². The van der Waals surface area contributed by atoms with E-state index < -0.39 is 36.7 Å². The van der Waals surface area contributed by atoms with Crippen molar-refractivity contribution in [2.24, 2.45) is 5.73 Å². The van der Waals surface area contributed by atoms with Crippen molar-refractivity contribution < 1.29 is 19.3 Å². The number of halogens is 1. The number of benzene rings is 1. The van der Waals surface area contributed by atoms with E-state index in [1.165, 1.54) is 22.2 Å². The monoisotopic (exact) mass is 449 g/mol. The van der Waals surface area contributed by atoms with Crippen LogP contribution in [-0.2, 0) is 14.2 Å². The third-order valence-electron chi connectivity index (χ3n) is 5.18. The van der Waals surface area contributed by atoms with Crippen LogP contribution < -0.4 is 5.73 Å². The Morgan fingerprint density at radius 2 is 2.07 bits per heavy atom. The number of aromatic nitrogens is 4. The highest BCUT2D eigenvalue weighted by atomic mass is 35.5. The smallest absolute Gasteiger partial charge is 0.213 e. The standard InChI is InChI=1S/C19H20ClN5O4S/c1-9-23-17(25(24-9)19-22-7-12(20)30-19)16-14(26)13(21)15-11(28-16)8-27-18(29-15)10-5-3-2-4-6-10/h2-7,11,13-16,18,26H,8,21H2,1H3/t11-,13-,14-,15+,16-,18?/m1/s1. The minimum absolute atomic E-state index is 0.275. The maximum atomic E-state index is 11.0. The van der Waals surface area contributed by atoms with Gasteiger partial charge in [-0.25, -0.2) is 9.97 Å². The predicted molar refractivity (Wildman–Crippen MR) is 108 cm³/mol. The lowest BCUT2D eigenvalue weighted by Crippen LogP contribution is -2.62. The second kappa shape index (κ2) is 7.97. The number of rotatable bonds is 3. The van der Waals surface area contributed by atoms with Gasteiger partial charge in [-0.1, -0.05) is 53.3 Å². The topological polar surface area (TPSA) is 118 Å². The minimum Gasteiger partial charge on any atom is -0.388 e. The summed E-state index contributed by atoms with van der Waals surface area (Å²) in [6, 6.07) is 8.89. The molecule has 0 saturated carbocycles. The summed E-state index contributed by atoms with van der Waals surface area (Å²) in [6.45, 7) is 2.03. The Kier molecular flexibility index (Phi) is 5.31. The lowest BCUT2D eigenvalue weighted by Gasteiger charge is -2.46. The molecule has 0 bridgehead atoms. The van der Waals surface area contributed by atoms with E-state index in [0.717, 1.165) is 5.56 Å². The molecular formula is C19H20ClN5O4S. The van der Waals surface area contributed by atoms with E-state index in [1.54, 1.807) is 6.92 Å². The zero-order valence-electron chi connectivity index (χ0n) is 16.0. The normalized spacial score (nSPS) is 31.5. The Hall–Kier alpha value is -1.92. The fraction of sp³-hybridized carbons (Fsp3) is 0.421. The maximum Gasteiger partial charge on any atom is 0.213 e. The van der Waals surface area contributed by atoms with Crippen molar-refractivity contribution in [1.29, 1.82) is 0 Å². The Morgan fingerprint density at radius 3 is 2.80 bits per heavy atom. The first-order valence-corrected chi connectivity index (χ1v) is 10.7. The third kappa shape index (κ3) is 3.54. The number of aryl methyl sites for hydroxylation is 1. The number of hydrogen-bond donors (Lipinski definition) is 2. The highest BCUT2D eigenvalue weighted by Gasteiger charge is 2.49. The number of aliphatic hydroxyl groups excluding tert-OH is 1. The van der Waals surface area contributed by atoms with Crippen LogP contribution in [0, 0.1) is 6.92 Å². The zero-order chi connectivity index (χ0) is 20.8. The van der Waals surface area contributed by atoms with E-state index in [0.29, 0.717) is 21.1 Å². The molecular weight excluding hydrogens is 430 g/mol. The van der Waals surface area contributed by atoms with Crippen LogP contribution in [0.15, 0.2) is 36.5 Å². The first kappa shape index (κ1) is 20.0. The number of thiazole rings is 1. The summed E-state index contributed by atoms with van der Waals surface area (Å²) in [7, 11) is 0. The van der Waals surface area contributed by atoms with Crippen LogP contribution in [0.5, 0.6) is 0 Å². The molecule has 6 atom stereocenters. The van der Waals surface area contributed by atoms with E-state index in [9.17, 15) is 5.11 Å². The molecule has 0 aliphatic carbocycles. The fourth-order valence-electron chi connectivity index (χ4n) is 3.77. The van der Waals surface area contributed by atoms with Crippen LogP contribution in [0.3, 0.4) is 0 Å². The van der Waals surface area contributed by atoms with Crippen molar-refractivity contribution in [1.82, 2.24) is 19.7 Å². The van der Waals surface area contributed by atoms with Crippen molar-refractivity contribution in [2.45, 2.75) is 43.7 Å². The summed E-state index contributed by atoms with van der Waals surface area (Å²) in [4.78, 5) is 8.71. The Labute approximate surface area is 181 Å². The van der Waals surface area contributed by atoms with E-state index in [4.69, 9.17) is 31.5 Å². The molecule has 1 aromatic carbocycles. The molecule has 1 unspecified atom stereocenters. The van der Waals surface area contributed by atoms with Crippen molar-refractivity contribution in [3.05, 3.63) is 58.1 Å². The number of ether oxygens (including phenoxy) is 3. The molecule has 9 nitrogen and oxygen atoms in total. The Balaban J connectivity index is 1.41. The van der Waals surface area contributed by atoms with E-state index in [2.05, 4.69) is 15.1 Å². The molecule has 2 saturated heterocycles. The second-order valence-corrected chi connectivity index (χ2v) is 8.86. The van der Waals surface area contributed by atoms with Gasteiger partial charge in [-0.05, 0) is 6.92 Å². The maximum absolute atomic E-state index is 11.0. The van der Waals surface area contributed by atoms with Gasteiger partial charge in [-0.15, -0.1) is 5.10 Å². The summed E-state index contributed by atoms with van der Waals surface area (Å²) in [6.07, 6.45) is -1.88. The Bertz CT molecular complexity index is 1030. The molecule has 0 radical (unpaired) electrons. The van der Waals surface area contributed by atoms with Crippen LogP contribution in [0.1, 0.15) is 29.6 Å². The number of nitrogens with zero attached hydrogens (tertiary/aromatic N) is 4. The van der Waals surface area contributed by atoms with Crippen LogP contribution in [0.4, 0.5) is 0 Å². The summed E-state index contributed by atoms with van der Waals surface area (Å²) in [5.74, 6) is 0.924. The van der Waals surface area contributed by atoms with E-state index in [1.807, 2.05) is 30.3 Å². The lowest BCUT2D eigenvalue weighted by molar-refractivity contribution is -0.309. The van der Waals surface area contributed by atoms with Crippen molar-refractivity contribution in [3.8, 4) is 5.13 Å². The van der Waals surface area contributed by atoms with Crippen LogP contribution in [0.25, 0.3) is 5.13 Å². The average Bonchev–Trinajstić information content (AvgIpc) is 3.36. The molecule has 2 aromatic heterocycles. The number of hydrogen-bond acceptors (Lipinski definition) is 9. The number of aliphatic hydroxyl groups is 1. The first-order valence-electron chi connectivity index (χ1n) is 9.47. The van der Waals surface area contributed by atoms with Gasteiger partial charge in [0.2, 0.25) is 5.13 Å². The predicted octanol–water partition coefficient (Wildman–Crippen LogP) is 1.93. The molecule has 3 N–H and O–H groups in total. The van der Waals surface area contributed by atoms with Gasteiger partial charge in [-0.3, -0.25) is 0 Å². The largest absolute Gasteiger partial charge is 0.388 e. The molecule has 30 heavy (non-hydrogen) atoms. The van der Waals surface area contributed by atoms with Gasteiger partial charge in [0.15, 0.2) is 12.1 Å². The van der Waals surface area contributed by atoms with Crippen molar-refractivity contribution in [3.63, 3.8) is 0 Å². The highest BCUT2D eigenvalue weighted by Crippen LogP contribution is 2.38. The quantitative estimate of drug-likeness (QED) is 0.622. The third-order valence-corrected chi connectivity index (χ3v) is 6.27. The van der Waals surface area contributed by atoms with Gasteiger partial charge in [0.1, 0.15) is 34.6 Å². The summed E-state index contributed by atoms with van der Waals surface area (Å²) < 4.78 is 20.2. The molecule has 3 aromatic rings. The highest BCUT2D eigenvalue weighted by molar-refractivity contribution is 7.18. The lowest BCUT2D eigenvalue weighted by atomic mass is 9.92. The summed E-state index contributed by atoms with van der Waals surface area (Å²) in [5.41, 5.74) is 7.28. The SMILES string of the molecule is Cc1nc([C@@H]2O[C@@H]3COC(c4ccccc4)O[C@@H]3[C@H](N)[C@H]2O)n(-c2ncc(Cl)s2)n1. The zero-order valence-corrected chi connectivity index (χ0v) is 17.5. The summed E-state index contributed by atoms with van der Waals surface area (Å²) in [5, 5.41) is 15.9. The van der Waals surface area contributed by atoms with E-state index in [-0.39, 0.29) is 6.61 Å². The molecule has 0 amide bonds. The van der Waals surface area contributed by atoms with E-state index >= 15 is 0 Å². The minimum atomic E-state index is -1.06. The van der Waals surface area contributed by atoms with Gasteiger partial charge in [0, 0.05) is 5.56 Å². The molecule has 2 aliphatic heterocycles. The second-order valence-electron chi connectivity index (χ2n) is 7.22. The molecule has 2 fully saturated rings. The molecule has 5 rings (SSSR count). The van der Waals surface area contributed by atoms with Crippen LogP contribution in [0.2, 0.25) is 4.34 Å². The van der Waals surface area contributed by atoms with Crippen molar-refractivity contribution >= 4 is 22.9 Å². The van der Waals surface area contributed by atoms with Gasteiger partial charge in [-0.2, -0.15) is 4.68 Å². The van der Waals surface area contributed by atoms with Crippen LogP contribution >= 0.6 is 22.9 Å². The van der Waals surface area contributed by atoms with Crippen LogP contribution in [-0.4, -0.2) is 55.8 Å². The average molecular weight is 450 g/mol. The van der Waals surface area contributed by atoms with Gasteiger partial charge >= 0.3 is 0 Å². The van der Waals surface area contributed by atoms with Crippen molar-refractivity contribution in [2.75, 3.05) is 6.61 Å². The molecule has 2 aliphatic rings. The molecule has 0 spiro atoms. The number of nitrogens with two attached hydrogens (primary N) is 1. The van der Waals surface area contributed by atoms with Gasteiger partial charge < -0.3 is 25.1 Å².